The number of carboxylic acid groups (broad SMARTS) is 1. The molecule has 8 nitrogen and oxygen atoms in total. The van der Waals surface area contributed by atoms with Crippen molar-refractivity contribution in [2.75, 3.05) is 11.6 Å². The molecule has 0 amide bonds. The van der Waals surface area contributed by atoms with E-state index in [9.17, 15) is 15.3 Å². The van der Waals surface area contributed by atoms with E-state index in [2.05, 4.69) is 17.2 Å². The number of anilines is 1. The highest BCUT2D eigenvalue weighted by molar-refractivity contribution is 14.1. The number of rotatable bonds is 6. The maximum absolute atomic E-state index is 10.8. The van der Waals surface area contributed by atoms with E-state index in [1.54, 1.807) is 23.2 Å². The van der Waals surface area contributed by atoms with Gasteiger partial charge in [0.25, 0.3) is 0 Å². The molecular weight excluding hydrogens is 624 g/mol. The maximum atomic E-state index is 10.8. The van der Waals surface area contributed by atoms with E-state index in [0.717, 1.165) is 5.69 Å². The Balaban J connectivity index is 1.98. The van der Waals surface area contributed by atoms with E-state index in [0.29, 0.717) is 24.2 Å². The van der Waals surface area contributed by atoms with E-state index in [-0.39, 0.29) is 5.57 Å². The first-order valence-electron chi connectivity index (χ1n) is 8.89. The second-order valence-corrected chi connectivity index (χ2v) is 8.75. The van der Waals surface area contributed by atoms with Gasteiger partial charge >= 0.3 is 5.97 Å². The number of hydrogen-bond donors (Lipinski definition) is 2. The summed E-state index contributed by atoms with van der Waals surface area (Å²) in [5.41, 5.74) is 8.21. The number of carbonyl (C=O) groups is 1. The molecule has 0 radical (unpaired) electrons. The molecule has 0 aromatic heterocycles. The number of aliphatic carboxylic acids is 1. The number of hydrogen-bond acceptors (Lipinski definition) is 7. The molecule has 1 heterocycles. The molecule has 31 heavy (non-hydrogen) atoms. The lowest BCUT2D eigenvalue weighted by molar-refractivity contribution is -0.139. The number of nitriles is 2. The molecule has 3 N–H and O–H groups in total. The largest absolute Gasteiger partial charge is 0.480 e. The molecule has 0 saturated carbocycles. The van der Waals surface area contributed by atoms with Gasteiger partial charge in [-0.25, -0.2) is 9.80 Å². The minimum Gasteiger partial charge on any atom is -0.480 e. The van der Waals surface area contributed by atoms with Crippen LogP contribution in [0.4, 0.5) is 5.69 Å². The molecule has 1 aliphatic rings. The average molecular weight is 639 g/mol. The summed E-state index contributed by atoms with van der Waals surface area (Å²) in [6, 6.07) is 17.0. The van der Waals surface area contributed by atoms with Gasteiger partial charge in [0.2, 0.25) is 0 Å². The molecule has 10 heteroatoms. The second-order valence-electron chi connectivity index (χ2n) is 6.43. The Morgan fingerprint density at radius 3 is 2.45 bits per heavy atom. The van der Waals surface area contributed by atoms with Gasteiger partial charge in [0, 0.05) is 0 Å². The summed E-state index contributed by atoms with van der Waals surface area (Å²) in [5, 5.41) is 34.3. The Kier molecular flexibility index (Phi) is 7.48. The number of benzene rings is 2. The standard InChI is InChI=1S/C21H15I2N5O3/c22-16-7-12(8-17(23)20(16)31-11-18(29)30)6-13(9-24)19-15(10-25)21(26)28(27-19)14-4-2-1-3-5-14/h1-8,15,21H,11,26H2,(H,29,30)/b13-6-/t15-,21+/m0/s1. The topological polar surface area (TPSA) is 136 Å². The quantitative estimate of drug-likeness (QED) is 0.365. The first-order valence-corrected chi connectivity index (χ1v) is 11.0. The summed E-state index contributed by atoms with van der Waals surface area (Å²) < 4.78 is 6.73. The number of para-hydroxylation sites is 1. The second kappa shape index (κ2) is 10.1. The monoisotopic (exact) mass is 639 g/mol. The zero-order valence-electron chi connectivity index (χ0n) is 15.9. The van der Waals surface area contributed by atoms with Gasteiger partial charge in [0.1, 0.15) is 23.9 Å². The van der Waals surface area contributed by atoms with E-state index in [1.807, 2.05) is 75.5 Å². The fourth-order valence-electron chi connectivity index (χ4n) is 2.98. The number of halogens is 2. The zero-order valence-corrected chi connectivity index (χ0v) is 20.2. The van der Waals surface area contributed by atoms with Gasteiger partial charge in [0.05, 0.1) is 30.2 Å². The Labute approximate surface area is 205 Å². The lowest BCUT2D eigenvalue weighted by atomic mass is 9.95. The van der Waals surface area contributed by atoms with Gasteiger partial charge in [-0.2, -0.15) is 15.6 Å². The van der Waals surface area contributed by atoms with E-state index < -0.39 is 24.7 Å². The molecule has 0 bridgehead atoms. The van der Waals surface area contributed by atoms with Gasteiger partial charge < -0.3 is 15.6 Å². The predicted octanol–water partition coefficient (Wildman–Crippen LogP) is 3.57. The summed E-state index contributed by atoms with van der Waals surface area (Å²) in [7, 11) is 0. The van der Waals surface area contributed by atoms with Crippen LogP contribution >= 0.6 is 45.2 Å². The van der Waals surface area contributed by atoms with E-state index in [1.165, 1.54) is 0 Å². The maximum Gasteiger partial charge on any atom is 0.341 e. The van der Waals surface area contributed by atoms with Crippen molar-refractivity contribution < 1.29 is 14.6 Å². The third-order valence-electron chi connectivity index (χ3n) is 4.36. The first kappa shape index (κ1) is 23.0. The lowest BCUT2D eigenvalue weighted by Gasteiger charge is -2.21. The summed E-state index contributed by atoms with van der Waals surface area (Å²) in [6.45, 7) is -0.446. The van der Waals surface area contributed by atoms with E-state index in [4.69, 9.17) is 15.6 Å². The van der Waals surface area contributed by atoms with Crippen molar-refractivity contribution in [2.24, 2.45) is 16.8 Å². The Morgan fingerprint density at radius 1 is 1.26 bits per heavy atom. The van der Waals surface area contributed by atoms with Crippen molar-refractivity contribution in [2.45, 2.75) is 6.17 Å². The first-order chi connectivity index (χ1) is 14.8. The normalized spacial score (nSPS) is 18.2. The summed E-state index contributed by atoms with van der Waals surface area (Å²) in [6.07, 6.45) is 0.918. The minimum absolute atomic E-state index is 0.228. The third kappa shape index (κ3) is 5.15. The van der Waals surface area contributed by atoms with Crippen molar-refractivity contribution in [1.82, 2.24) is 0 Å². The van der Waals surface area contributed by atoms with Crippen molar-refractivity contribution in [3.05, 3.63) is 60.7 Å². The highest BCUT2D eigenvalue weighted by Crippen LogP contribution is 2.32. The molecule has 0 aliphatic carbocycles. The van der Waals surface area contributed by atoms with Gasteiger partial charge in [0.15, 0.2) is 6.61 Å². The molecule has 1 aliphatic heterocycles. The SMILES string of the molecule is N#C/C(=C/c1cc(I)c(OCC(=O)O)c(I)c1)C1=NN(c2ccccc2)[C@@H](N)[C@H]1C#N. The number of nitrogens with two attached hydrogens (primary N) is 1. The van der Waals surface area contributed by atoms with Gasteiger partial charge in [-0.3, -0.25) is 0 Å². The Hall–Kier alpha value is -2.68. The average Bonchev–Trinajstić information content (AvgIpc) is 3.07. The van der Waals surface area contributed by atoms with Crippen molar-refractivity contribution in [3.63, 3.8) is 0 Å². The molecule has 2 aromatic rings. The molecule has 2 aromatic carbocycles. The van der Waals surface area contributed by atoms with Crippen LogP contribution in [0, 0.1) is 35.7 Å². The van der Waals surface area contributed by atoms with Crippen LogP contribution in [0.15, 0.2) is 53.1 Å². The van der Waals surface area contributed by atoms with Crippen LogP contribution in [0.2, 0.25) is 0 Å². The number of hydrazone groups is 1. The summed E-state index contributed by atoms with van der Waals surface area (Å²) in [5.74, 6) is -1.38. The van der Waals surface area contributed by atoms with Crippen LogP contribution in [0.5, 0.6) is 5.75 Å². The molecule has 0 fully saturated rings. The third-order valence-corrected chi connectivity index (χ3v) is 5.96. The molecule has 0 spiro atoms. The highest BCUT2D eigenvalue weighted by atomic mass is 127. The molecule has 0 unspecified atom stereocenters. The number of ether oxygens (including phenoxy) is 1. The highest BCUT2D eigenvalue weighted by Gasteiger charge is 2.37. The van der Waals surface area contributed by atoms with Crippen LogP contribution < -0.4 is 15.5 Å². The molecule has 3 rings (SSSR count). The van der Waals surface area contributed by atoms with Crippen LogP contribution in [0.25, 0.3) is 6.08 Å². The number of allylic oxidation sites excluding steroid dienone is 1. The zero-order chi connectivity index (χ0) is 22.5. The molecule has 2 atom stereocenters. The minimum atomic E-state index is -1.07. The number of nitrogens with zero attached hydrogens (tertiary/aromatic N) is 4. The van der Waals surface area contributed by atoms with Crippen LogP contribution in [-0.2, 0) is 4.79 Å². The van der Waals surface area contributed by atoms with Crippen molar-refractivity contribution >= 4 is 68.6 Å². The summed E-state index contributed by atoms with van der Waals surface area (Å²) in [4.78, 5) is 10.8. The number of carboxylic acids is 1. The molecular formula is C21H15I2N5O3. The lowest BCUT2D eigenvalue weighted by Crippen LogP contribution is -2.40. The van der Waals surface area contributed by atoms with Gasteiger partial charge in [-0.1, -0.05) is 18.2 Å². The predicted molar refractivity (Wildman–Crippen MR) is 132 cm³/mol. The summed E-state index contributed by atoms with van der Waals surface area (Å²) >= 11 is 4.09. The fraction of sp³-hybridized carbons (Fsp3) is 0.143. The van der Waals surface area contributed by atoms with Crippen LogP contribution in [0.1, 0.15) is 5.56 Å². The Bertz CT molecular complexity index is 1130. The Morgan fingerprint density at radius 2 is 1.90 bits per heavy atom. The van der Waals surface area contributed by atoms with Crippen LogP contribution in [0.3, 0.4) is 0 Å². The smallest absolute Gasteiger partial charge is 0.341 e. The fourth-order valence-corrected chi connectivity index (χ4v) is 5.11. The van der Waals surface area contributed by atoms with Crippen LogP contribution in [-0.4, -0.2) is 29.6 Å². The molecule has 0 saturated heterocycles. The van der Waals surface area contributed by atoms with Gasteiger partial charge in [-0.15, -0.1) is 0 Å². The molecule has 156 valence electrons. The van der Waals surface area contributed by atoms with Gasteiger partial charge in [-0.05, 0) is 81.1 Å². The van der Waals surface area contributed by atoms with E-state index >= 15 is 0 Å². The van der Waals surface area contributed by atoms with Crippen molar-refractivity contribution in [1.29, 1.82) is 10.5 Å². The van der Waals surface area contributed by atoms with Crippen molar-refractivity contribution in [3.8, 4) is 17.9 Å².